The number of thiocarbonyl (C=S) groups is 2. The Morgan fingerprint density at radius 3 is 2.60 bits per heavy atom. The molecule has 0 aliphatic heterocycles. The molecule has 5 N–H and O–H groups in total. The highest BCUT2D eigenvalue weighted by molar-refractivity contribution is 7.80. The lowest BCUT2D eigenvalue weighted by molar-refractivity contribution is 0.880. The van der Waals surface area contributed by atoms with Gasteiger partial charge < -0.3 is 11.1 Å². The van der Waals surface area contributed by atoms with Gasteiger partial charge in [-0.25, -0.2) is 0 Å². The van der Waals surface area contributed by atoms with Crippen molar-refractivity contribution in [3.05, 3.63) is 29.8 Å². The third-order valence-electron chi connectivity index (χ3n) is 1.58. The minimum Gasteiger partial charge on any atom is -0.375 e. The fourth-order valence-electron chi connectivity index (χ4n) is 1.00. The minimum atomic E-state index is 0.142. The Labute approximate surface area is 99.2 Å². The SMILES string of the molecule is Cc1cccc(NC(=S)NNC(N)=S)c1. The summed E-state index contributed by atoms with van der Waals surface area (Å²) in [4.78, 5) is 0. The maximum Gasteiger partial charge on any atom is 0.189 e. The van der Waals surface area contributed by atoms with E-state index >= 15 is 0 Å². The summed E-state index contributed by atoms with van der Waals surface area (Å²) in [5.74, 6) is 0. The van der Waals surface area contributed by atoms with E-state index in [4.69, 9.17) is 18.0 Å². The normalized spacial score (nSPS) is 9.13. The molecule has 6 heteroatoms. The van der Waals surface area contributed by atoms with Crippen LogP contribution in [0.4, 0.5) is 5.69 Å². The molecular weight excluding hydrogens is 228 g/mol. The third kappa shape index (κ3) is 4.57. The molecule has 4 nitrogen and oxygen atoms in total. The molecule has 0 spiro atoms. The summed E-state index contributed by atoms with van der Waals surface area (Å²) in [7, 11) is 0. The monoisotopic (exact) mass is 240 g/mol. The predicted molar refractivity (Wildman–Crippen MR) is 70.5 cm³/mol. The zero-order valence-electron chi connectivity index (χ0n) is 8.20. The van der Waals surface area contributed by atoms with Gasteiger partial charge in [0, 0.05) is 5.69 Å². The topological polar surface area (TPSA) is 62.1 Å². The van der Waals surface area contributed by atoms with Crippen LogP contribution in [-0.2, 0) is 0 Å². The first-order valence-corrected chi connectivity index (χ1v) is 5.08. The van der Waals surface area contributed by atoms with Gasteiger partial charge >= 0.3 is 0 Å². The number of hydrogen-bond acceptors (Lipinski definition) is 2. The fraction of sp³-hybridized carbons (Fsp3) is 0.111. The number of anilines is 1. The zero-order valence-corrected chi connectivity index (χ0v) is 9.84. The van der Waals surface area contributed by atoms with Crippen LogP contribution in [0.25, 0.3) is 0 Å². The minimum absolute atomic E-state index is 0.142. The first kappa shape index (κ1) is 11.7. The Bertz CT molecular complexity index is 378. The van der Waals surface area contributed by atoms with Crippen LogP contribution in [0.1, 0.15) is 5.56 Å². The molecule has 80 valence electrons. The van der Waals surface area contributed by atoms with Crippen LogP contribution in [0.15, 0.2) is 24.3 Å². The lowest BCUT2D eigenvalue weighted by atomic mass is 10.2. The average Bonchev–Trinajstić information content (AvgIpc) is 2.15. The molecular formula is C9H12N4S2. The number of nitrogens with one attached hydrogen (secondary N) is 3. The molecule has 0 heterocycles. The largest absolute Gasteiger partial charge is 0.375 e. The number of rotatable bonds is 1. The van der Waals surface area contributed by atoms with E-state index in [1.807, 2.05) is 31.2 Å². The van der Waals surface area contributed by atoms with Gasteiger partial charge in [0.2, 0.25) is 0 Å². The van der Waals surface area contributed by atoms with Crippen LogP contribution in [0.5, 0.6) is 0 Å². The van der Waals surface area contributed by atoms with Crippen molar-refractivity contribution in [1.82, 2.24) is 10.9 Å². The molecule has 0 saturated heterocycles. The Morgan fingerprint density at radius 1 is 1.27 bits per heavy atom. The second-order valence-electron chi connectivity index (χ2n) is 2.94. The highest BCUT2D eigenvalue weighted by Gasteiger charge is 1.96. The Morgan fingerprint density at radius 2 is 2.00 bits per heavy atom. The molecule has 0 aliphatic rings. The number of aryl methyl sites for hydroxylation is 1. The van der Waals surface area contributed by atoms with Gasteiger partial charge in [0.25, 0.3) is 0 Å². The van der Waals surface area contributed by atoms with E-state index in [0.29, 0.717) is 5.11 Å². The van der Waals surface area contributed by atoms with Crippen molar-refractivity contribution in [2.75, 3.05) is 5.32 Å². The summed E-state index contributed by atoms with van der Waals surface area (Å²) in [6.07, 6.45) is 0. The summed E-state index contributed by atoms with van der Waals surface area (Å²) >= 11 is 9.61. The van der Waals surface area contributed by atoms with Crippen molar-refractivity contribution in [2.45, 2.75) is 6.92 Å². The van der Waals surface area contributed by atoms with Gasteiger partial charge in [-0.15, -0.1) is 0 Å². The van der Waals surface area contributed by atoms with E-state index in [9.17, 15) is 0 Å². The smallest absolute Gasteiger partial charge is 0.189 e. The van der Waals surface area contributed by atoms with E-state index in [2.05, 4.69) is 28.4 Å². The Kier molecular flexibility index (Phi) is 4.26. The predicted octanol–water partition coefficient (Wildman–Crippen LogP) is 1.03. The number of nitrogens with two attached hydrogens (primary N) is 1. The molecule has 0 bridgehead atoms. The molecule has 1 aromatic rings. The quantitative estimate of drug-likeness (QED) is 0.434. The third-order valence-corrected chi connectivity index (χ3v) is 1.88. The van der Waals surface area contributed by atoms with Gasteiger partial charge in [-0.3, -0.25) is 10.9 Å². The molecule has 1 aromatic carbocycles. The van der Waals surface area contributed by atoms with Crippen molar-refractivity contribution < 1.29 is 0 Å². The lowest BCUT2D eigenvalue weighted by Crippen LogP contribution is -2.46. The van der Waals surface area contributed by atoms with Crippen molar-refractivity contribution in [2.24, 2.45) is 5.73 Å². The standard InChI is InChI=1S/C9H12N4S2/c1-6-3-2-4-7(5-6)11-9(15)13-12-8(10)14/h2-5H,1H3,(H3,10,12,14)(H2,11,13,15). The number of hydrazine groups is 1. The molecule has 0 atom stereocenters. The molecule has 0 radical (unpaired) electrons. The van der Waals surface area contributed by atoms with Crippen molar-refractivity contribution in [1.29, 1.82) is 0 Å². The van der Waals surface area contributed by atoms with E-state index in [0.717, 1.165) is 11.3 Å². The van der Waals surface area contributed by atoms with Crippen LogP contribution in [-0.4, -0.2) is 10.2 Å². The second kappa shape index (κ2) is 5.47. The Hall–Kier alpha value is -1.40. The molecule has 0 fully saturated rings. The molecule has 0 aliphatic carbocycles. The first-order chi connectivity index (χ1) is 7.08. The van der Waals surface area contributed by atoms with Gasteiger partial charge in [-0.05, 0) is 49.1 Å². The second-order valence-corrected chi connectivity index (χ2v) is 3.79. The molecule has 1 rings (SSSR count). The van der Waals surface area contributed by atoms with Gasteiger partial charge in [0.05, 0.1) is 0 Å². The van der Waals surface area contributed by atoms with Crippen LogP contribution < -0.4 is 21.9 Å². The molecule has 0 amide bonds. The van der Waals surface area contributed by atoms with Crippen molar-refractivity contribution in [3.63, 3.8) is 0 Å². The Balaban J connectivity index is 2.48. The van der Waals surface area contributed by atoms with Gasteiger partial charge in [-0.2, -0.15) is 0 Å². The van der Waals surface area contributed by atoms with Crippen LogP contribution in [0.2, 0.25) is 0 Å². The van der Waals surface area contributed by atoms with Gasteiger partial charge in [0.15, 0.2) is 10.2 Å². The van der Waals surface area contributed by atoms with Gasteiger partial charge in [-0.1, -0.05) is 12.1 Å². The van der Waals surface area contributed by atoms with E-state index in [1.165, 1.54) is 0 Å². The maximum atomic E-state index is 5.23. The lowest BCUT2D eigenvalue weighted by Gasteiger charge is -2.11. The number of benzene rings is 1. The highest BCUT2D eigenvalue weighted by atomic mass is 32.1. The van der Waals surface area contributed by atoms with Crippen molar-refractivity contribution in [3.8, 4) is 0 Å². The van der Waals surface area contributed by atoms with Crippen molar-refractivity contribution >= 4 is 40.3 Å². The molecule has 0 unspecified atom stereocenters. The fourth-order valence-corrected chi connectivity index (χ4v) is 1.22. The van der Waals surface area contributed by atoms with Gasteiger partial charge in [0.1, 0.15) is 0 Å². The summed E-state index contributed by atoms with van der Waals surface area (Å²) in [5.41, 5.74) is 12.5. The summed E-state index contributed by atoms with van der Waals surface area (Å²) in [6, 6.07) is 7.85. The average molecular weight is 240 g/mol. The van der Waals surface area contributed by atoms with E-state index < -0.39 is 0 Å². The van der Waals surface area contributed by atoms with Crippen LogP contribution >= 0.6 is 24.4 Å². The summed E-state index contributed by atoms with van der Waals surface area (Å²) in [5, 5.41) is 3.53. The molecule has 0 aromatic heterocycles. The van der Waals surface area contributed by atoms with E-state index in [1.54, 1.807) is 0 Å². The summed E-state index contributed by atoms with van der Waals surface area (Å²) < 4.78 is 0. The molecule has 15 heavy (non-hydrogen) atoms. The molecule has 0 saturated carbocycles. The first-order valence-electron chi connectivity index (χ1n) is 4.27. The van der Waals surface area contributed by atoms with E-state index in [-0.39, 0.29) is 5.11 Å². The number of hydrogen-bond donors (Lipinski definition) is 4. The van der Waals surface area contributed by atoms with Crippen LogP contribution in [0.3, 0.4) is 0 Å². The highest BCUT2D eigenvalue weighted by Crippen LogP contribution is 2.08. The zero-order chi connectivity index (χ0) is 11.3. The maximum absolute atomic E-state index is 5.23. The van der Waals surface area contributed by atoms with Crippen LogP contribution in [0, 0.1) is 6.92 Å². The summed E-state index contributed by atoms with van der Waals surface area (Å²) in [6.45, 7) is 2.01.